The van der Waals surface area contributed by atoms with Crippen LogP contribution >= 0.6 is 0 Å². The summed E-state index contributed by atoms with van der Waals surface area (Å²) in [5.74, 6) is 1.03. The molecule has 0 aromatic heterocycles. The standard InChI is InChI=1S/C16H32N2/c1-5-6-14-7-9-15(10-8-14)18-12-16(3,4)17-11-13(18)2/h13-15,17H,5-12H2,1-4H3. The molecule has 106 valence electrons. The van der Waals surface area contributed by atoms with Gasteiger partial charge in [-0.2, -0.15) is 0 Å². The van der Waals surface area contributed by atoms with Crippen LogP contribution in [0, 0.1) is 5.92 Å². The lowest BCUT2D eigenvalue weighted by Crippen LogP contribution is -2.63. The largest absolute Gasteiger partial charge is 0.309 e. The second-order valence-corrected chi connectivity index (χ2v) is 7.25. The van der Waals surface area contributed by atoms with Crippen LogP contribution in [-0.2, 0) is 0 Å². The normalized spacial score (nSPS) is 37.7. The van der Waals surface area contributed by atoms with Gasteiger partial charge in [-0.15, -0.1) is 0 Å². The maximum Gasteiger partial charge on any atom is 0.0253 e. The molecule has 2 aliphatic rings. The molecule has 2 fully saturated rings. The Hall–Kier alpha value is -0.0800. The molecular weight excluding hydrogens is 220 g/mol. The van der Waals surface area contributed by atoms with Crippen LogP contribution in [0.3, 0.4) is 0 Å². The van der Waals surface area contributed by atoms with Crippen LogP contribution in [-0.4, -0.2) is 35.6 Å². The van der Waals surface area contributed by atoms with E-state index in [-0.39, 0.29) is 0 Å². The second-order valence-electron chi connectivity index (χ2n) is 7.25. The molecule has 0 radical (unpaired) electrons. The Morgan fingerprint density at radius 1 is 1.17 bits per heavy atom. The molecule has 2 rings (SSSR count). The van der Waals surface area contributed by atoms with Gasteiger partial charge in [-0.05, 0) is 52.4 Å². The highest BCUT2D eigenvalue weighted by Gasteiger charge is 2.35. The Labute approximate surface area is 114 Å². The highest BCUT2D eigenvalue weighted by Crippen LogP contribution is 2.32. The number of hydrogen-bond acceptors (Lipinski definition) is 2. The van der Waals surface area contributed by atoms with E-state index in [1.807, 2.05) is 0 Å². The molecular formula is C16H32N2. The summed E-state index contributed by atoms with van der Waals surface area (Å²) >= 11 is 0. The molecule has 0 bridgehead atoms. The first-order valence-electron chi connectivity index (χ1n) is 8.02. The Kier molecular flexibility index (Phi) is 4.71. The van der Waals surface area contributed by atoms with Crippen LogP contribution in [0.4, 0.5) is 0 Å². The molecule has 0 amide bonds. The summed E-state index contributed by atoms with van der Waals surface area (Å²) in [4.78, 5) is 2.79. The van der Waals surface area contributed by atoms with E-state index in [2.05, 4.69) is 37.9 Å². The van der Waals surface area contributed by atoms with Crippen molar-refractivity contribution in [1.29, 1.82) is 0 Å². The Morgan fingerprint density at radius 2 is 1.83 bits per heavy atom. The lowest BCUT2D eigenvalue weighted by atomic mass is 9.81. The fourth-order valence-electron chi connectivity index (χ4n) is 3.87. The van der Waals surface area contributed by atoms with E-state index in [1.165, 1.54) is 45.1 Å². The number of nitrogens with one attached hydrogen (secondary N) is 1. The van der Waals surface area contributed by atoms with Crippen molar-refractivity contribution in [3.63, 3.8) is 0 Å². The van der Waals surface area contributed by atoms with Crippen molar-refractivity contribution in [2.45, 2.75) is 83.8 Å². The fraction of sp³-hybridized carbons (Fsp3) is 1.00. The molecule has 1 saturated carbocycles. The summed E-state index contributed by atoms with van der Waals surface area (Å²) in [5, 5.41) is 3.66. The van der Waals surface area contributed by atoms with Gasteiger partial charge in [-0.1, -0.05) is 19.8 Å². The van der Waals surface area contributed by atoms with Crippen LogP contribution < -0.4 is 5.32 Å². The molecule has 1 N–H and O–H groups in total. The third-order valence-electron chi connectivity index (χ3n) is 5.00. The molecule has 1 aliphatic carbocycles. The molecule has 0 spiro atoms. The molecule has 1 heterocycles. The Balaban J connectivity index is 1.88. The fourth-order valence-corrected chi connectivity index (χ4v) is 3.87. The molecule has 0 aromatic rings. The zero-order valence-corrected chi connectivity index (χ0v) is 12.8. The third kappa shape index (κ3) is 3.48. The number of rotatable bonds is 3. The van der Waals surface area contributed by atoms with Gasteiger partial charge in [0.1, 0.15) is 0 Å². The third-order valence-corrected chi connectivity index (χ3v) is 5.00. The van der Waals surface area contributed by atoms with Crippen molar-refractivity contribution < 1.29 is 0 Å². The molecule has 1 unspecified atom stereocenters. The quantitative estimate of drug-likeness (QED) is 0.828. The van der Waals surface area contributed by atoms with Crippen LogP contribution in [0.1, 0.15) is 66.2 Å². The first-order chi connectivity index (χ1) is 8.52. The molecule has 18 heavy (non-hydrogen) atoms. The number of nitrogens with zero attached hydrogens (tertiary/aromatic N) is 1. The van der Waals surface area contributed by atoms with Gasteiger partial charge in [0.15, 0.2) is 0 Å². The van der Waals surface area contributed by atoms with E-state index in [4.69, 9.17) is 0 Å². The van der Waals surface area contributed by atoms with Crippen molar-refractivity contribution in [3.05, 3.63) is 0 Å². The second kappa shape index (κ2) is 5.92. The van der Waals surface area contributed by atoms with Crippen molar-refractivity contribution in [3.8, 4) is 0 Å². The predicted molar refractivity (Wildman–Crippen MR) is 78.9 cm³/mol. The average Bonchev–Trinajstić information content (AvgIpc) is 2.34. The zero-order valence-electron chi connectivity index (χ0n) is 12.8. The zero-order chi connectivity index (χ0) is 13.2. The van der Waals surface area contributed by atoms with E-state index in [0.717, 1.165) is 18.5 Å². The molecule has 1 atom stereocenters. The highest BCUT2D eigenvalue weighted by atomic mass is 15.3. The first kappa shape index (κ1) is 14.3. The summed E-state index contributed by atoms with van der Waals surface area (Å²) in [6.07, 6.45) is 8.63. The summed E-state index contributed by atoms with van der Waals surface area (Å²) < 4.78 is 0. The minimum Gasteiger partial charge on any atom is -0.309 e. The SMILES string of the molecule is CCCC1CCC(N2CC(C)(C)NCC2C)CC1. The van der Waals surface area contributed by atoms with E-state index < -0.39 is 0 Å². The molecule has 0 aromatic carbocycles. The van der Waals surface area contributed by atoms with Gasteiger partial charge in [0, 0.05) is 30.7 Å². The van der Waals surface area contributed by atoms with Crippen LogP contribution in [0.5, 0.6) is 0 Å². The molecule has 2 heteroatoms. The minimum atomic E-state index is 0.298. The summed E-state index contributed by atoms with van der Waals surface area (Å²) in [6, 6.07) is 1.57. The summed E-state index contributed by atoms with van der Waals surface area (Å²) in [6.45, 7) is 11.8. The van der Waals surface area contributed by atoms with Gasteiger partial charge in [-0.25, -0.2) is 0 Å². The van der Waals surface area contributed by atoms with E-state index in [1.54, 1.807) is 0 Å². The van der Waals surface area contributed by atoms with Gasteiger partial charge >= 0.3 is 0 Å². The highest BCUT2D eigenvalue weighted by molar-refractivity contribution is 4.94. The van der Waals surface area contributed by atoms with Gasteiger partial charge < -0.3 is 5.32 Å². The van der Waals surface area contributed by atoms with E-state index >= 15 is 0 Å². The summed E-state index contributed by atoms with van der Waals surface area (Å²) in [7, 11) is 0. The summed E-state index contributed by atoms with van der Waals surface area (Å²) in [5.41, 5.74) is 0.298. The van der Waals surface area contributed by atoms with Crippen molar-refractivity contribution in [2.24, 2.45) is 5.92 Å². The number of hydrogen-bond donors (Lipinski definition) is 1. The minimum absolute atomic E-state index is 0.298. The monoisotopic (exact) mass is 252 g/mol. The maximum atomic E-state index is 3.66. The first-order valence-corrected chi connectivity index (χ1v) is 8.02. The lowest BCUT2D eigenvalue weighted by molar-refractivity contribution is 0.0378. The smallest absolute Gasteiger partial charge is 0.0253 e. The average molecular weight is 252 g/mol. The lowest BCUT2D eigenvalue weighted by Gasteiger charge is -2.48. The Morgan fingerprint density at radius 3 is 2.44 bits per heavy atom. The van der Waals surface area contributed by atoms with Gasteiger partial charge in [-0.3, -0.25) is 4.90 Å². The molecule has 1 saturated heterocycles. The predicted octanol–water partition coefficient (Wildman–Crippen LogP) is 3.42. The van der Waals surface area contributed by atoms with Crippen molar-refractivity contribution in [2.75, 3.05) is 13.1 Å². The molecule has 1 aliphatic heterocycles. The van der Waals surface area contributed by atoms with Gasteiger partial charge in [0.05, 0.1) is 0 Å². The van der Waals surface area contributed by atoms with Gasteiger partial charge in [0.2, 0.25) is 0 Å². The van der Waals surface area contributed by atoms with Crippen molar-refractivity contribution in [1.82, 2.24) is 10.2 Å². The topological polar surface area (TPSA) is 15.3 Å². The van der Waals surface area contributed by atoms with Crippen LogP contribution in [0.25, 0.3) is 0 Å². The van der Waals surface area contributed by atoms with Crippen LogP contribution in [0.15, 0.2) is 0 Å². The van der Waals surface area contributed by atoms with Gasteiger partial charge in [0.25, 0.3) is 0 Å². The molecule has 2 nitrogen and oxygen atoms in total. The van der Waals surface area contributed by atoms with E-state index in [0.29, 0.717) is 11.6 Å². The van der Waals surface area contributed by atoms with Crippen molar-refractivity contribution >= 4 is 0 Å². The Bertz CT molecular complexity index is 254. The van der Waals surface area contributed by atoms with Crippen LogP contribution in [0.2, 0.25) is 0 Å². The number of piperazine rings is 1. The van der Waals surface area contributed by atoms with E-state index in [9.17, 15) is 0 Å². The maximum absolute atomic E-state index is 3.66.